The average molecular weight is 206 g/mol. The molecule has 2 nitrogen and oxygen atoms in total. The lowest BCUT2D eigenvalue weighted by molar-refractivity contribution is 0.150. The summed E-state index contributed by atoms with van der Waals surface area (Å²) >= 11 is 0. The maximum atomic E-state index is 13.6. The molecule has 80 valence electrons. The molecule has 0 aromatic heterocycles. The third-order valence-corrected chi connectivity index (χ3v) is 3.52. The molecule has 0 unspecified atom stereocenters. The molecule has 2 heterocycles. The second-order valence-electron chi connectivity index (χ2n) is 4.31. The number of rotatable bonds is 0. The van der Waals surface area contributed by atoms with E-state index in [0.717, 1.165) is 38.2 Å². The van der Waals surface area contributed by atoms with Crippen LogP contribution in [0.5, 0.6) is 0 Å². The lowest BCUT2D eigenvalue weighted by atomic mass is 9.91. The monoisotopic (exact) mass is 206 g/mol. The summed E-state index contributed by atoms with van der Waals surface area (Å²) in [7, 11) is 0. The highest BCUT2D eigenvalue weighted by Gasteiger charge is 2.30. The molecule has 0 radical (unpaired) electrons. The van der Waals surface area contributed by atoms with Crippen molar-refractivity contribution in [2.75, 3.05) is 26.2 Å². The number of nitrogens with zero attached hydrogens (tertiary/aromatic N) is 1. The van der Waals surface area contributed by atoms with Gasteiger partial charge in [0.05, 0.1) is 0 Å². The van der Waals surface area contributed by atoms with Crippen molar-refractivity contribution >= 4 is 0 Å². The Hall–Kier alpha value is -0.930. The Labute approximate surface area is 89.1 Å². The Morgan fingerprint density at radius 2 is 2.27 bits per heavy atom. The number of hydrogen-bond acceptors (Lipinski definition) is 2. The van der Waals surface area contributed by atoms with Gasteiger partial charge in [-0.1, -0.05) is 12.1 Å². The summed E-state index contributed by atoms with van der Waals surface area (Å²) in [6.45, 7) is 4.10. The van der Waals surface area contributed by atoms with E-state index < -0.39 is 0 Å². The first-order valence-corrected chi connectivity index (χ1v) is 5.58. The van der Waals surface area contributed by atoms with Gasteiger partial charge in [0.15, 0.2) is 0 Å². The van der Waals surface area contributed by atoms with E-state index in [4.69, 9.17) is 0 Å². The van der Waals surface area contributed by atoms with E-state index in [9.17, 15) is 4.39 Å². The number of piperazine rings is 1. The highest BCUT2D eigenvalue weighted by Crippen LogP contribution is 2.31. The molecule has 0 aliphatic carbocycles. The first-order chi connectivity index (χ1) is 7.36. The Morgan fingerprint density at radius 1 is 1.33 bits per heavy atom. The van der Waals surface area contributed by atoms with Crippen LogP contribution in [0.1, 0.15) is 17.2 Å². The van der Waals surface area contributed by atoms with Crippen molar-refractivity contribution in [1.82, 2.24) is 10.2 Å². The Balaban J connectivity index is 2.03. The zero-order valence-corrected chi connectivity index (χ0v) is 8.67. The minimum absolute atomic E-state index is 0.0299. The molecule has 15 heavy (non-hydrogen) atoms. The largest absolute Gasteiger partial charge is 0.314 e. The van der Waals surface area contributed by atoms with E-state index in [-0.39, 0.29) is 5.82 Å². The van der Waals surface area contributed by atoms with Crippen molar-refractivity contribution in [3.8, 4) is 0 Å². The van der Waals surface area contributed by atoms with Gasteiger partial charge in [-0.05, 0) is 23.6 Å². The van der Waals surface area contributed by atoms with Crippen LogP contribution in [0.4, 0.5) is 4.39 Å². The van der Waals surface area contributed by atoms with Gasteiger partial charge in [-0.2, -0.15) is 0 Å². The maximum Gasteiger partial charge on any atom is 0.126 e. The van der Waals surface area contributed by atoms with Crippen molar-refractivity contribution in [1.29, 1.82) is 0 Å². The molecule has 1 saturated heterocycles. The smallest absolute Gasteiger partial charge is 0.126 e. The van der Waals surface area contributed by atoms with Gasteiger partial charge in [-0.25, -0.2) is 4.39 Å². The fourth-order valence-corrected chi connectivity index (χ4v) is 2.73. The van der Waals surface area contributed by atoms with Gasteiger partial charge in [0.2, 0.25) is 0 Å². The lowest BCUT2D eigenvalue weighted by Gasteiger charge is -2.40. The van der Waals surface area contributed by atoms with Gasteiger partial charge in [-0.3, -0.25) is 4.90 Å². The van der Waals surface area contributed by atoms with Gasteiger partial charge in [0.1, 0.15) is 5.82 Å². The van der Waals surface area contributed by atoms with Crippen LogP contribution < -0.4 is 5.32 Å². The summed E-state index contributed by atoms with van der Waals surface area (Å²) < 4.78 is 13.6. The molecule has 3 rings (SSSR count). The van der Waals surface area contributed by atoms with Crippen LogP contribution in [0.3, 0.4) is 0 Å². The molecule has 0 saturated carbocycles. The fraction of sp³-hybridized carbons (Fsp3) is 0.500. The molecule has 0 spiro atoms. The predicted molar refractivity (Wildman–Crippen MR) is 57.3 cm³/mol. The van der Waals surface area contributed by atoms with Crippen LogP contribution in [-0.2, 0) is 6.42 Å². The topological polar surface area (TPSA) is 15.3 Å². The van der Waals surface area contributed by atoms with Gasteiger partial charge < -0.3 is 5.32 Å². The molecular formula is C12H15FN2. The van der Waals surface area contributed by atoms with Crippen molar-refractivity contribution < 1.29 is 4.39 Å². The molecule has 0 bridgehead atoms. The summed E-state index contributed by atoms with van der Waals surface area (Å²) in [6, 6.07) is 5.86. The van der Waals surface area contributed by atoms with Crippen LogP contribution >= 0.6 is 0 Å². The molecular weight excluding hydrogens is 191 g/mol. The van der Waals surface area contributed by atoms with Gasteiger partial charge in [0, 0.05) is 32.2 Å². The normalized spacial score (nSPS) is 25.8. The average Bonchev–Trinajstić information content (AvgIpc) is 2.29. The van der Waals surface area contributed by atoms with Crippen LogP contribution in [-0.4, -0.2) is 31.1 Å². The third kappa shape index (κ3) is 1.46. The highest BCUT2D eigenvalue weighted by molar-refractivity contribution is 5.34. The second kappa shape index (κ2) is 3.58. The van der Waals surface area contributed by atoms with Crippen molar-refractivity contribution in [2.45, 2.75) is 12.5 Å². The van der Waals surface area contributed by atoms with Crippen LogP contribution in [0.25, 0.3) is 0 Å². The molecule has 1 aromatic rings. The van der Waals surface area contributed by atoms with Crippen LogP contribution in [0.15, 0.2) is 18.2 Å². The lowest BCUT2D eigenvalue weighted by Crippen LogP contribution is -2.49. The number of benzene rings is 1. The molecule has 1 N–H and O–H groups in total. The van der Waals surface area contributed by atoms with E-state index in [1.807, 2.05) is 6.07 Å². The Kier molecular flexibility index (Phi) is 2.22. The molecule has 1 fully saturated rings. The minimum Gasteiger partial charge on any atom is -0.314 e. The number of halogens is 1. The molecule has 3 heteroatoms. The van der Waals surface area contributed by atoms with E-state index in [2.05, 4.69) is 16.3 Å². The maximum absolute atomic E-state index is 13.6. The van der Waals surface area contributed by atoms with E-state index in [1.165, 1.54) is 5.56 Å². The SMILES string of the molecule is Fc1cccc2c1CCN1CCNC[C@H]21. The van der Waals surface area contributed by atoms with Gasteiger partial charge in [-0.15, -0.1) is 0 Å². The van der Waals surface area contributed by atoms with Gasteiger partial charge in [0.25, 0.3) is 0 Å². The number of hydrogen-bond donors (Lipinski definition) is 1. The first kappa shape index (κ1) is 9.31. The third-order valence-electron chi connectivity index (χ3n) is 3.52. The predicted octanol–water partition coefficient (Wildman–Crippen LogP) is 1.33. The van der Waals surface area contributed by atoms with E-state index in [0.29, 0.717) is 6.04 Å². The van der Waals surface area contributed by atoms with E-state index >= 15 is 0 Å². The summed E-state index contributed by atoms with van der Waals surface area (Å²) in [6.07, 6.45) is 0.860. The molecule has 2 aliphatic heterocycles. The standard InChI is InChI=1S/C12H15FN2/c13-11-3-1-2-10-9(11)4-6-15-7-5-14-8-12(10)15/h1-3,12,14H,4-8H2/t12-/m1/s1. The second-order valence-corrected chi connectivity index (χ2v) is 4.31. The van der Waals surface area contributed by atoms with Crippen molar-refractivity contribution in [3.05, 3.63) is 35.1 Å². The highest BCUT2D eigenvalue weighted by atomic mass is 19.1. The summed E-state index contributed by atoms with van der Waals surface area (Å²) in [5.74, 6) is -0.0299. The molecule has 2 aliphatic rings. The Bertz CT molecular complexity index is 378. The first-order valence-electron chi connectivity index (χ1n) is 5.58. The fourth-order valence-electron chi connectivity index (χ4n) is 2.73. The summed E-state index contributed by atoms with van der Waals surface area (Å²) in [5.41, 5.74) is 2.12. The van der Waals surface area contributed by atoms with Crippen LogP contribution in [0, 0.1) is 5.82 Å². The molecule has 1 atom stereocenters. The summed E-state index contributed by atoms with van der Waals surface area (Å²) in [4.78, 5) is 2.46. The number of nitrogens with one attached hydrogen (secondary N) is 1. The molecule has 0 amide bonds. The van der Waals surface area contributed by atoms with E-state index in [1.54, 1.807) is 6.07 Å². The van der Waals surface area contributed by atoms with Crippen molar-refractivity contribution in [3.63, 3.8) is 0 Å². The molecule has 1 aromatic carbocycles. The number of fused-ring (bicyclic) bond motifs is 3. The van der Waals surface area contributed by atoms with Gasteiger partial charge >= 0.3 is 0 Å². The quantitative estimate of drug-likeness (QED) is 0.689. The zero-order chi connectivity index (χ0) is 10.3. The Morgan fingerprint density at radius 3 is 3.20 bits per heavy atom. The van der Waals surface area contributed by atoms with Crippen LogP contribution in [0.2, 0.25) is 0 Å². The summed E-state index contributed by atoms with van der Waals surface area (Å²) in [5, 5.41) is 3.38. The zero-order valence-electron chi connectivity index (χ0n) is 8.67. The minimum atomic E-state index is -0.0299. The van der Waals surface area contributed by atoms with Crippen molar-refractivity contribution in [2.24, 2.45) is 0 Å².